The third-order valence-electron chi connectivity index (χ3n) is 2.58. The molecular weight excluding hydrogens is 326 g/mol. The number of hydrogen-bond acceptors (Lipinski definition) is 1. The van der Waals surface area contributed by atoms with Crippen molar-refractivity contribution in [1.29, 1.82) is 0 Å². The molecule has 0 spiro atoms. The van der Waals surface area contributed by atoms with E-state index in [0.29, 0.717) is 12.1 Å². The minimum Gasteiger partial charge on any atom is -0.481 e. The van der Waals surface area contributed by atoms with Crippen LogP contribution in [0.3, 0.4) is 0 Å². The van der Waals surface area contributed by atoms with E-state index in [1.165, 1.54) is 0 Å². The van der Waals surface area contributed by atoms with Gasteiger partial charge in [-0.2, -0.15) is 26.3 Å². The Morgan fingerprint density at radius 3 is 1.81 bits per heavy atom. The molecule has 1 atom stereocenters. The molecule has 2 nitrogen and oxygen atoms in total. The van der Waals surface area contributed by atoms with Crippen LogP contribution in [0.4, 0.5) is 26.3 Å². The van der Waals surface area contributed by atoms with Gasteiger partial charge in [-0.3, -0.25) is 4.79 Å². The monoisotopic (exact) mass is 334 g/mol. The van der Waals surface area contributed by atoms with Crippen molar-refractivity contribution in [3.63, 3.8) is 0 Å². The highest BCUT2D eigenvalue weighted by atomic mass is 35.5. The number of hydrogen-bond donors (Lipinski definition) is 1. The first kappa shape index (κ1) is 17.6. The van der Waals surface area contributed by atoms with Gasteiger partial charge in [-0.15, -0.1) is 11.6 Å². The summed E-state index contributed by atoms with van der Waals surface area (Å²) < 4.78 is 75.7. The zero-order valence-electron chi connectivity index (χ0n) is 10.2. The molecule has 9 heteroatoms. The molecule has 0 amide bonds. The van der Waals surface area contributed by atoms with Crippen LogP contribution < -0.4 is 0 Å². The number of carboxylic acid groups (broad SMARTS) is 1. The number of rotatable bonds is 4. The third-order valence-corrected chi connectivity index (χ3v) is 3.05. The first-order chi connectivity index (χ1) is 9.41. The van der Waals surface area contributed by atoms with Crippen molar-refractivity contribution < 1.29 is 36.2 Å². The molecule has 1 N–H and O–H groups in total. The summed E-state index contributed by atoms with van der Waals surface area (Å²) in [5.41, 5.74) is -3.37. The third kappa shape index (κ3) is 5.11. The lowest BCUT2D eigenvalue weighted by Gasteiger charge is -2.16. The zero-order valence-corrected chi connectivity index (χ0v) is 11.0. The molecule has 1 unspecified atom stereocenters. The summed E-state index contributed by atoms with van der Waals surface area (Å²) >= 11 is 5.70. The van der Waals surface area contributed by atoms with Crippen molar-refractivity contribution in [3.05, 3.63) is 34.9 Å². The summed E-state index contributed by atoms with van der Waals surface area (Å²) in [5.74, 6) is -1.25. The minimum absolute atomic E-state index is 0.00962. The second kappa shape index (κ2) is 6.13. The molecule has 0 fully saturated rings. The quantitative estimate of drug-likeness (QED) is 0.630. The molecular formula is C12H9ClF6O2. The van der Waals surface area contributed by atoms with E-state index in [-0.39, 0.29) is 12.5 Å². The van der Waals surface area contributed by atoms with E-state index in [1.54, 1.807) is 0 Å². The number of carboxylic acids is 1. The van der Waals surface area contributed by atoms with E-state index in [4.69, 9.17) is 16.7 Å². The Hall–Kier alpha value is -1.44. The number of alkyl halides is 7. The van der Waals surface area contributed by atoms with Gasteiger partial charge in [-0.1, -0.05) is 0 Å². The van der Waals surface area contributed by atoms with Crippen molar-refractivity contribution in [2.45, 2.75) is 30.6 Å². The van der Waals surface area contributed by atoms with Crippen molar-refractivity contribution in [1.82, 2.24) is 0 Å². The average Bonchev–Trinajstić information content (AvgIpc) is 2.33. The largest absolute Gasteiger partial charge is 0.481 e. The van der Waals surface area contributed by atoms with Gasteiger partial charge in [0.1, 0.15) is 0 Å². The lowest BCUT2D eigenvalue weighted by atomic mass is 10.0. The first-order valence-electron chi connectivity index (χ1n) is 5.56. The summed E-state index contributed by atoms with van der Waals surface area (Å²) in [6.07, 6.45) is -10.7. The summed E-state index contributed by atoms with van der Waals surface area (Å²) in [5, 5.41) is 7.20. The normalized spacial score (nSPS) is 14.0. The Kier molecular flexibility index (Phi) is 5.14. The van der Waals surface area contributed by atoms with Crippen LogP contribution >= 0.6 is 11.6 Å². The Labute approximate surface area is 120 Å². The van der Waals surface area contributed by atoms with Gasteiger partial charge in [0.05, 0.1) is 16.5 Å². The molecule has 1 aromatic carbocycles. The minimum atomic E-state index is -4.96. The lowest BCUT2D eigenvalue weighted by molar-refractivity contribution is -0.143. The molecule has 0 radical (unpaired) electrons. The van der Waals surface area contributed by atoms with Crippen LogP contribution in [-0.2, 0) is 17.1 Å². The summed E-state index contributed by atoms with van der Waals surface area (Å²) in [6, 6.07) is 0.980. The Bertz CT molecular complexity index is 491. The van der Waals surface area contributed by atoms with E-state index in [9.17, 15) is 31.1 Å². The van der Waals surface area contributed by atoms with Gasteiger partial charge in [0.15, 0.2) is 0 Å². The summed E-state index contributed by atoms with van der Waals surface area (Å²) in [4.78, 5) is 10.4. The Balaban J connectivity index is 3.22. The van der Waals surface area contributed by atoms with Crippen LogP contribution in [-0.4, -0.2) is 11.1 Å². The van der Waals surface area contributed by atoms with Gasteiger partial charge in [0, 0.05) is 6.42 Å². The highest BCUT2D eigenvalue weighted by Gasteiger charge is 2.37. The predicted molar refractivity (Wildman–Crippen MR) is 61.9 cm³/mol. The zero-order chi connectivity index (χ0) is 16.4. The van der Waals surface area contributed by atoms with Crippen molar-refractivity contribution in [3.8, 4) is 0 Å². The predicted octanol–water partition coefficient (Wildman–Crippen LogP) is 4.87. The maximum Gasteiger partial charge on any atom is 0.416 e. The fraction of sp³-hybridized carbons (Fsp3) is 0.417. The van der Waals surface area contributed by atoms with Crippen LogP contribution in [0, 0.1) is 0 Å². The first-order valence-corrected chi connectivity index (χ1v) is 6.00. The number of aliphatic carboxylic acids is 1. The molecule has 0 saturated carbocycles. The van der Waals surface area contributed by atoms with E-state index in [0.717, 1.165) is 0 Å². The Morgan fingerprint density at radius 1 is 1.05 bits per heavy atom. The van der Waals surface area contributed by atoms with Crippen LogP contribution in [0.25, 0.3) is 0 Å². The van der Waals surface area contributed by atoms with Crippen LogP contribution in [0.2, 0.25) is 0 Å². The molecule has 0 bridgehead atoms. The molecule has 1 aromatic rings. The molecule has 0 aliphatic rings. The highest BCUT2D eigenvalue weighted by molar-refractivity contribution is 6.20. The van der Waals surface area contributed by atoms with Crippen molar-refractivity contribution in [2.24, 2.45) is 0 Å². The molecule has 0 heterocycles. The maximum absolute atomic E-state index is 12.6. The fourth-order valence-electron chi connectivity index (χ4n) is 1.58. The van der Waals surface area contributed by atoms with Gasteiger partial charge in [0.2, 0.25) is 0 Å². The van der Waals surface area contributed by atoms with Crippen LogP contribution in [0.15, 0.2) is 18.2 Å². The second-order valence-electron chi connectivity index (χ2n) is 4.24. The lowest BCUT2D eigenvalue weighted by Crippen LogP contribution is -2.12. The SMILES string of the molecule is O=C(O)CCC(Cl)c1cc(C(F)(F)F)cc(C(F)(F)F)c1. The molecule has 0 saturated heterocycles. The van der Waals surface area contributed by atoms with E-state index in [1.807, 2.05) is 0 Å². The van der Waals surface area contributed by atoms with Gasteiger partial charge in [0.25, 0.3) is 0 Å². The van der Waals surface area contributed by atoms with Crippen molar-refractivity contribution in [2.75, 3.05) is 0 Å². The van der Waals surface area contributed by atoms with Crippen molar-refractivity contribution >= 4 is 17.6 Å². The number of benzene rings is 1. The standard InChI is InChI=1S/C12H9ClF6O2/c13-9(1-2-10(20)21)6-3-7(11(14,15)16)5-8(4-6)12(17,18)19/h3-5,9H,1-2H2,(H,20,21). The number of halogens is 7. The van der Waals surface area contributed by atoms with E-state index >= 15 is 0 Å². The molecule has 0 aromatic heterocycles. The molecule has 118 valence electrons. The maximum atomic E-state index is 12.6. The smallest absolute Gasteiger partial charge is 0.416 e. The average molecular weight is 335 g/mol. The Morgan fingerprint density at radius 2 is 1.48 bits per heavy atom. The van der Waals surface area contributed by atoms with Gasteiger partial charge < -0.3 is 5.11 Å². The fourth-order valence-corrected chi connectivity index (χ4v) is 1.81. The number of carbonyl (C=O) groups is 1. The van der Waals surface area contributed by atoms with E-state index in [2.05, 4.69) is 0 Å². The highest BCUT2D eigenvalue weighted by Crippen LogP contribution is 2.39. The van der Waals surface area contributed by atoms with Gasteiger partial charge >= 0.3 is 18.3 Å². The van der Waals surface area contributed by atoms with Gasteiger partial charge in [-0.05, 0) is 30.2 Å². The van der Waals surface area contributed by atoms with E-state index < -0.39 is 46.8 Å². The summed E-state index contributed by atoms with van der Waals surface area (Å²) in [6.45, 7) is 0. The topological polar surface area (TPSA) is 37.3 Å². The van der Waals surface area contributed by atoms with Crippen LogP contribution in [0.5, 0.6) is 0 Å². The molecule has 0 aliphatic carbocycles. The van der Waals surface area contributed by atoms with Crippen LogP contribution in [0.1, 0.15) is 34.9 Å². The molecule has 0 aliphatic heterocycles. The second-order valence-corrected chi connectivity index (χ2v) is 4.77. The summed E-state index contributed by atoms with van der Waals surface area (Å²) in [7, 11) is 0. The molecule has 1 rings (SSSR count). The molecule has 21 heavy (non-hydrogen) atoms. The van der Waals surface area contributed by atoms with Gasteiger partial charge in [-0.25, -0.2) is 0 Å².